The fraction of sp³-hybridized carbons (Fsp3) is 0.316. The van der Waals surface area contributed by atoms with Gasteiger partial charge in [-0.3, -0.25) is 4.79 Å². The van der Waals surface area contributed by atoms with Gasteiger partial charge in [0.05, 0.1) is 12.7 Å². The van der Waals surface area contributed by atoms with Gasteiger partial charge in [-0.15, -0.1) is 12.4 Å². The van der Waals surface area contributed by atoms with E-state index in [1.807, 2.05) is 31.2 Å². The highest BCUT2D eigenvalue weighted by molar-refractivity contribution is 5.95. The third kappa shape index (κ3) is 5.42. The molecule has 26 heavy (non-hydrogen) atoms. The molecule has 1 saturated heterocycles. The van der Waals surface area contributed by atoms with Gasteiger partial charge in [0.25, 0.3) is 0 Å². The van der Waals surface area contributed by atoms with Crippen LogP contribution in [-0.4, -0.2) is 31.2 Å². The Bertz CT molecular complexity index is 744. The molecule has 1 amide bonds. The third-order valence-corrected chi connectivity index (χ3v) is 4.00. The molecule has 3 rings (SSSR count). The summed E-state index contributed by atoms with van der Waals surface area (Å²) in [5, 5.41) is 6.05. The number of hydrogen-bond acceptors (Lipinski definition) is 4. The van der Waals surface area contributed by atoms with Crippen molar-refractivity contribution in [2.45, 2.75) is 25.7 Å². The molecule has 2 aromatic rings. The molecule has 1 heterocycles. The number of hydrogen-bond donors (Lipinski definition) is 2. The summed E-state index contributed by atoms with van der Waals surface area (Å²) >= 11 is 0. The molecule has 0 radical (unpaired) electrons. The van der Waals surface area contributed by atoms with Crippen LogP contribution < -0.4 is 15.4 Å². The minimum Gasteiger partial charge on any atom is -0.489 e. The van der Waals surface area contributed by atoms with Crippen LogP contribution in [0.25, 0.3) is 0 Å². The van der Waals surface area contributed by atoms with Gasteiger partial charge in [0.1, 0.15) is 24.2 Å². The molecule has 5 nitrogen and oxygen atoms in total. The Morgan fingerprint density at radius 3 is 2.88 bits per heavy atom. The van der Waals surface area contributed by atoms with Crippen molar-refractivity contribution in [3.05, 3.63) is 59.9 Å². The minimum atomic E-state index is -0.374. The summed E-state index contributed by atoms with van der Waals surface area (Å²) in [5.74, 6) is -0.00273. The second-order valence-electron chi connectivity index (χ2n) is 5.94. The SMILES string of the molecule is C[C@H]1OCCN[C@@H]1C(=O)Nc1cccc(COc2cccc(F)c2)c1.Cl. The van der Waals surface area contributed by atoms with Crippen LogP contribution in [0.4, 0.5) is 10.1 Å². The van der Waals surface area contributed by atoms with Crippen molar-refractivity contribution >= 4 is 24.0 Å². The van der Waals surface area contributed by atoms with Crippen LogP contribution >= 0.6 is 12.4 Å². The maximum absolute atomic E-state index is 13.2. The molecule has 1 aliphatic rings. The Morgan fingerprint density at radius 2 is 2.12 bits per heavy atom. The summed E-state index contributed by atoms with van der Waals surface area (Å²) in [5.41, 5.74) is 1.56. The summed E-state index contributed by atoms with van der Waals surface area (Å²) in [6.07, 6.45) is -0.173. The van der Waals surface area contributed by atoms with Crippen molar-refractivity contribution in [1.82, 2.24) is 5.32 Å². The highest BCUT2D eigenvalue weighted by atomic mass is 35.5. The van der Waals surface area contributed by atoms with E-state index in [1.165, 1.54) is 12.1 Å². The van der Waals surface area contributed by atoms with E-state index in [9.17, 15) is 9.18 Å². The first-order valence-corrected chi connectivity index (χ1v) is 8.25. The molecule has 0 bridgehead atoms. The summed E-state index contributed by atoms with van der Waals surface area (Å²) in [6, 6.07) is 13.0. The molecule has 0 saturated carbocycles. The van der Waals surface area contributed by atoms with Crippen molar-refractivity contribution in [2.24, 2.45) is 0 Å². The Hall–Kier alpha value is -2.15. The molecule has 2 N–H and O–H groups in total. The minimum absolute atomic E-state index is 0. The Balaban J connectivity index is 0.00000243. The van der Waals surface area contributed by atoms with Gasteiger partial charge in [0, 0.05) is 18.3 Å². The summed E-state index contributed by atoms with van der Waals surface area (Å²) in [4.78, 5) is 12.4. The Morgan fingerprint density at radius 1 is 1.31 bits per heavy atom. The lowest BCUT2D eigenvalue weighted by molar-refractivity contribution is -0.123. The summed E-state index contributed by atoms with van der Waals surface area (Å²) in [6.45, 7) is 3.43. The normalized spacial score (nSPS) is 19.3. The van der Waals surface area contributed by atoms with Crippen LogP contribution in [0, 0.1) is 5.82 Å². The maximum Gasteiger partial charge on any atom is 0.244 e. The largest absolute Gasteiger partial charge is 0.489 e. The molecule has 0 aromatic heterocycles. The first kappa shape index (κ1) is 20.2. The van der Waals surface area contributed by atoms with Gasteiger partial charge in [-0.1, -0.05) is 18.2 Å². The Kier molecular flexibility index (Phi) is 7.38. The zero-order valence-electron chi connectivity index (χ0n) is 14.4. The van der Waals surface area contributed by atoms with E-state index >= 15 is 0 Å². The zero-order valence-corrected chi connectivity index (χ0v) is 15.2. The summed E-state index contributed by atoms with van der Waals surface area (Å²) < 4.78 is 24.2. The van der Waals surface area contributed by atoms with Crippen LogP contribution in [0.5, 0.6) is 5.75 Å². The molecule has 0 spiro atoms. The van der Waals surface area contributed by atoms with Crippen molar-refractivity contribution in [1.29, 1.82) is 0 Å². The van der Waals surface area contributed by atoms with Gasteiger partial charge in [0.2, 0.25) is 5.91 Å². The number of rotatable bonds is 5. The van der Waals surface area contributed by atoms with E-state index in [2.05, 4.69) is 10.6 Å². The number of amides is 1. The van der Waals surface area contributed by atoms with Gasteiger partial charge in [-0.05, 0) is 36.8 Å². The van der Waals surface area contributed by atoms with E-state index < -0.39 is 0 Å². The lowest BCUT2D eigenvalue weighted by atomic mass is 10.1. The van der Waals surface area contributed by atoms with Gasteiger partial charge in [0.15, 0.2) is 0 Å². The van der Waals surface area contributed by atoms with Crippen molar-refractivity contribution in [2.75, 3.05) is 18.5 Å². The van der Waals surface area contributed by atoms with Crippen molar-refractivity contribution in [3.8, 4) is 5.75 Å². The number of carbonyl (C=O) groups excluding carboxylic acids is 1. The second kappa shape index (κ2) is 9.52. The number of anilines is 1. The highest BCUT2D eigenvalue weighted by Gasteiger charge is 2.28. The first-order chi connectivity index (χ1) is 12.1. The Labute approximate surface area is 158 Å². The van der Waals surface area contributed by atoms with E-state index in [4.69, 9.17) is 9.47 Å². The van der Waals surface area contributed by atoms with E-state index in [0.29, 0.717) is 24.6 Å². The van der Waals surface area contributed by atoms with Crippen LogP contribution in [0.15, 0.2) is 48.5 Å². The van der Waals surface area contributed by atoms with Gasteiger partial charge >= 0.3 is 0 Å². The number of morpholine rings is 1. The average Bonchev–Trinajstić information content (AvgIpc) is 2.61. The number of carbonyl (C=O) groups is 1. The van der Waals surface area contributed by atoms with E-state index in [1.54, 1.807) is 12.1 Å². The third-order valence-electron chi connectivity index (χ3n) is 4.00. The number of halogens is 2. The zero-order chi connectivity index (χ0) is 17.6. The quantitative estimate of drug-likeness (QED) is 0.836. The van der Waals surface area contributed by atoms with Crippen molar-refractivity contribution in [3.63, 3.8) is 0 Å². The van der Waals surface area contributed by atoms with Gasteiger partial charge < -0.3 is 20.1 Å². The number of nitrogens with one attached hydrogen (secondary N) is 2. The van der Waals surface area contributed by atoms with Gasteiger partial charge in [-0.2, -0.15) is 0 Å². The fourth-order valence-electron chi connectivity index (χ4n) is 2.71. The predicted molar refractivity (Wildman–Crippen MR) is 100 cm³/mol. The smallest absolute Gasteiger partial charge is 0.244 e. The summed E-state index contributed by atoms with van der Waals surface area (Å²) in [7, 11) is 0. The molecule has 1 fully saturated rings. The monoisotopic (exact) mass is 380 g/mol. The molecule has 7 heteroatoms. The van der Waals surface area contributed by atoms with E-state index in [-0.39, 0.29) is 42.9 Å². The van der Waals surface area contributed by atoms with Gasteiger partial charge in [-0.25, -0.2) is 4.39 Å². The predicted octanol–water partition coefficient (Wildman–Crippen LogP) is 3.14. The number of ether oxygens (including phenoxy) is 2. The molecule has 1 aliphatic heterocycles. The fourth-order valence-corrected chi connectivity index (χ4v) is 2.71. The highest BCUT2D eigenvalue weighted by Crippen LogP contribution is 2.17. The van der Waals surface area contributed by atoms with Crippen molar-refractivity contribution < 1.29 is 18.7 Å². The molecule has 2 aromatic carbocycles. The standard InChI is InChI=1S/C19H21FN2O3.ClH/c1-13-18(21-8-9-24-13)19(23)22-16-6-2-4-14(10-16)12-25-17-7-3-5-15(20)11-17;/h2-7,10-11,13,18,21H,8-9,12H2,1H3,(H,22,23);1H/t13-,18+;/m1./s1. The lowest BCUT2D eigenvalue weighted by Crippen LogP contribution is -2.53. The lowest BCUT2D eigenvalue weighted by Gasteiger charge is -2.29. The molecule has 140 valence electrons. The maximum atomic E-state index is 13.2. The first-order valence-electron chi connectivity index (χ1n) is 8.25. The van der Waals surface area contributed by atoms with Crippen LogP contribution in [-0.2, 0) is 16.1 Å². The molecular weight excluding hydrogens is 359 g/mol. The topological polar surface area (TPSA) is 59.6 Å². The molecule has 0 aliphatic carbocycles. The molecular formula is C19H22ClFN2O3. The number of benzene rings is 2. The average molecular weight is 381 g/mol. The molecule has 2 atom stereocenters. The van der Waals surface area contributed by atoms with Crippen LogP contribution in [0.1, 0.15) is 12.5 Å². The molecule has 0 unspecified atom stereocenters. The van der Waals surface area contributed by atoms with Crippen LogP contribution in [0.3, 0.4) is 0 Å². The van der Waals surface area contributed by atoms with Crippen LogP contribution in [0.2, 0.25) is 0 Å². The van der Waals surface area contributed by atoms with E-state index in [0.717, 1.165) is 5.56 Å². The second-order valence-corrected chi connectivity index (χ2v) is 5.94.